The standard InChI is InChI=1S/C27H33NO3S/c1-3-4-5-6-7-8-9-15-20-28-26(29)24(22-18-13-14-19-23(22)31-2)25(27(28)30)32-21-16-11-10-12-17-21/h10-14,16-19H,3-9,15,20H2,1-2H3. The van der Waals surface area contributed by atoms with Crippen molar-refractivity contribution in [2.75, 3.05) is 13.7 Å². The van der Waals surface area contributed by atoms with E-state index in [1.54, 1.807) is 7.11 Å². The second kappa shape index (κ2) is 12.5. The fourth-order valence-corrected chi connectivity index (χ4v) is 4.98. The van der Waals surface area contributed by atoms with Gasteiger partial charge < -0.3 is 4.74 Å². The van der Waals surface area contributed by atoms with Crippen LogP contribution in [0.15, 0.2) is 64.4 Å². The molecule has 0 saturated carbocycles. The van der Waals surface area contributed by atoms with Crippen LogP contribution in [0, 0.1) is 0 Å². The summed E-state index contributed by atoms with van der Waals surface area (Å²) in [6.07, 6.45) is 9.38. The van der Waals surface area contributed by atoms with E-state index in [0.29, 0.717) is 28.3 Å². The van der Waals surface area contributed by atoms with Gasteiger partial charge in [0, 0.05) is 17.0 Å². The molecule has 2 aromatic rings. The molecule has 1 heterocycles. The molecular weight excluding hydrogens is 418 g/mol. The van der Waals surface area contributed by atoms with Crippen molar-refractivity contribution in [2.45, 2.75) is 63.2 Å². The summed E-state index contributed by atoms with van der Waals surface area (Å²) in [4.78, 5) is 29.6. The molecule has 0 aromatic heterocycles. The van der Waals surface area contributed by atoms with Gasteiger partial charge >= 0.3 is 0 Å². The lowest BCUT2D eigenvalue weighted by Crippen LogP contribution is -2.32. The Kier molecular flexibility index (Phi) is 9.42. The third kappa shape index (κ3) is 6.04. The summed E-state index contributed by atoms with van der Waals surface area (Å²) < 4.78 is 5.50. The van der Waals surface area contributed by atoms with Crippen LogP contribution >= 0.6 is 11.8 Å². The van der Waals surface area contributed by atoms with Crippen LogP contribution in [0.25, 0.3) is 5.57 Å². The van der Waals surface area contributed by atoms with Gasteiger partial charge in [0.2, 0.25) is 0 Å². The van der Waals surface area contributed by atoms with Crippen LogP contribution in [0.5, 0.6) is 5.75 Å². The Morgan fingerprint density at radius 2 is 1.41 bits per heavy atom. The molecule has 1 aliphatic rings. The maximum Gasteiger partial charge on any atom is 0.268 e. The number of hydrogen-bond donors (Lipinski definition) is 0. The van der Waals surface area contributed by atoms with E-state index in [9.17, 15) is 9.59 Å². The molecule has 0 aliphatic carbocycles. The van der Waals surface area contributed by atoms with Crippen molar-refractivity contribution in [1.82, 2.24) is 4.90 Å². The normalized spacial score (nSPS) is 13.9. The maximum atomic E-state index is 13.4. The summed E-state index contributed by atoms with van der Waals surface area (Å²) in [5.74, 6) is 0.178. The Morgan fingerprint density at radius 1 is 0.781 bits per heavy atom. The lowest BCUT2D eigenvalue weighted by molar-refractivity contribution is -0.136. The first kappa shape index (κ1) is 24.1. The minimum Gasteiger partial charge on any atom is -0.496 e. The van der Waals surface area contributed by atoms with Crippen LogP contribution in [0.2, 0.25) is 0 Å². The first-order valence-electron chi connectivity index (χ1n) is 11.6. The van der Waals surface area contributed by atoms with Crippen molar-refractivity contribution in [3.05, 3.63) is 65.1 Å². The number of carbonyl (C=O) groups excluding carboxylic acids is 2. The topological polar surface area (TPSA) is 46.6 Å². The molecule has 0 N–H and O–H groups in total. The van der Waals surface area contributed by atoms with Gasteiger partial charge in [-0.25, -0.2) is 0 Å². The number of thioether (sulfide) groups is 1. The number of rotatable bonds is 13. The Morgan fingerprint density at radius 3 is 2.09 bits per heavy atom. The number of unbranched alkanes of at least 4 members (excludes halogenated alkanes) is 7. The molecule has 32 heavy (non-hydrogen) atoms. The number of para-hydroxylation sites is 1. The molecule has 2 amide bonds. The summed E-state index contributed by atoms with van der Waals surface area (Å²) in [6, 6.07) is 17.1. The lowest BCUT2D eigenvalue weighted by Gasteiger charge is -2.15. The second-order valence-electron chi connectivity index (χ2n) is 8.06. The number of nitrogens with zero attached hydrogens (tertiary/aromatic N) is 1. The van der Waals surface area contributed by atoms with Gasteiger partial charge in [-0.15, -0.1) is 0 Å². The van der Waals surface area contributed by atoms with Crippen molar-refractivity contribution in [1.29, 1.82) is 0 Å². The highest BCUT2D eigenvalue weighted by molar-refractivity contribution is 8.04. The highest BCUT2D eigenvalue weighted by Crippen LogP contribution is 2.42. The first-order valence-corrected chi connectivity index (χ1v) is 12.5. The van der Waals surface area contributed by atoms with Gasteiger partial charge in [0.05, 0.1) is 17.6 Å². The van der Waals surface area contributed by atoms with E-state index in [0.717, 1.165) is 24.2 Å². The van der Waals surface area contributed by atoms with Crippen LogP contribution in [0.1, 0.15) is 63.9 Å². The predicted molar refractivity (Wildman–Crippen MR) is 132 cm³/mol. The Balaban J connectivity index is 1.74. The van der Waals surface area contributed by atoms with Crippen LogP contribution in [-0.2, 0) is 9.59 Å². The molecule has 0 bridgehead atoms. The fraction of sp³-hybridized carbons (Fsp3) is 0.407. The van der Waals surface area contributed by atoms with Crippen molar-refractivity contribution in [3.8, 4) is 5.75 Å². The Labute approximate surface area is 196 Å². The first-order chi connectivity index (χ1) is 15.7. The molecule has 3 rings (SSSR count). The van der Waals surface area contributed by atoms with Crippen molar-refractivity contribution < 1.29 is 14.3 Å². The van der Waals surface area contributed by atoms with E-state index < -0.39 is 0 Å². The number of carbonyl (C=O) groups is 2. The average Bonchev–Trinajstić information content (AvgIpc) is 3.05. The van der Waals surface area contributed by atoms with Crippen molar-refractivity contribution >= 4 is 29.1 Å². The molecule has 0 atom stereocenters. The highest BCUT2D eigenvalue weighted by atomic mass is 32.2. The monoisotopic (exact) mass is 451 g/mol. The van der Waals surface area contributed by atoms with Crippen LogP contribution in [0.3, 0.4) is 0 Å². The van der Waals surface area contributed by atoms with Gasteiger partial charge in [-0.3, -0.25) is 14.5 Å². The minimum absolute atomic E-state index is 0.201. The fourth-order valence-electron chi connectivity index (χ4n) is 3.95. The molecule has 2 aromatic carbocycles. The number of ether oxygens (including phenoxy) is 1. The molecule has 4 nitrogen and oxygen atoms in total. The minimum atomic E-state index is -0.221. The third-order valence-electron chi connectivity index (χ3n) is 5.70. The van der Waals surface area contributed by atoms with Gasteiger partial charge in [0.1, 0.15) is 5.75 Å². The second-order valence-corrected chi connectivity index (χ2v) is 9.14. The van der Waals surface area contributed by atoms with Crippen LogP contribution in [-0.4, -0.2) is 30.4 Å². The zero-order chi connectivity index (χ0) is 22.8. The van der Waals surface area contributed by atoms with E-state index in [1.807, 2.05) is 54.6 Å². The summed E-state index contributed by atoms with van der Waals surface area (Å²) in [5.41, 5.74) is 1.12. The molecule has 0 radical (unpaired) electrons. The smallest absolute Gasteiger partial charge is 0.268 e. The van der Waals surface area contributed by atoms with E-state index in [4.69, 9.17) is 4.74 Å². The maximum absolute atomic E-state index is 13.4. The number of amides is 2. The highest BCUT2D eigenvalue weighted by Gasteiger charge is 2.40. The van der Waals surface area contributed by atoms with E-state index in [1.165, 1.54) is 48.8 Å². The molecule has 0 unspecified atom stereocenters. The zero-order valence-corrected chi connectivity index (χ0v) is 20.0. The van der Waals surface area contributed by atoms with Crippen molar-refractivity contribution in [2.24, 2.45) is 0 Å². The van der Waals surface area contributed by atoms with Gasteiger partial charge in [-0.2, -0.15) is 0 Å². The summed E-state index contributed by atoms with van der Waals surface area (Å²) in [7, 11) is 1.59. The summed E-state index contributed by atoms with van der Waals surface area (Å²) in [5, 5.41) is 0. The summed E-state index contributed by atoms with van der Waals surface area (Å²) in [6.45, 7) is 2.69. The molecule has 0 saturated heterocycles. The number of imide groups is 1. The predicted octanol–water partition coefficient (Wildman–Crippen LogP) is 6.71. The molecule has 5 heteroatoms. The molecule has 0 spiro atoms. The Hall–Kier alpha value is -2.53. The summed E-state index contributed by atoms with van der Waals surface area (Å²) >= 11 is 1.36. The average molecular weight is 452 g/mol. The van der Waals surface area contributed by atoms with Crippen LogP contribution < -0.4 is 4.74 Å². The van der Waals surface area contributed by atoms with Gasteiger partial charge in [-0.05, 0) is 24.6 Å². The van der Waals surface area contributed by atoms with Gasteiger partial charge in [0.15, 0.2) is 0 Å². The van der Waals surface area contributed by atoms with Gasteiger partial charge in [0.25, 0.3) is 11.8 Å². The van der Waals surface area contributed by atoms with Crippen molar-refractivity contribution in [3.63, 3.8) is 0 Å². The number of methoxy groups -OCH3 is 1. The third-order valence-corrected chi connectivity index (χ3v) is 6.79. The largest absolute Gasteiger partial charge is 0.496 e. The zero-order valence-electron chi connectivity index (χ0n) is 19.1. The molecular formula is C27H33NO3S. The molecule has 0 fully saturated rings. The molecule has 1 aliphatic heterocycles. The van der Waals surface area contributed by atoms with E-state index in [2.05, 4.69) is 6.92 Å². The SMILES string of the molecule is CCCCCCCCCCN1C(=O)C(Sc2ccccc2)=C(c2ccccc2OC)C1=O. The Bertz CT molecular complexity index is 939. The van der Waals surface area contributed by atoms with E-state index in [-0.39, 0.29) is 11.8 Å². The molecule has 170 valence electrons. The van der Waals surface area contributed by atoms with Crippen LogP contribution in [0.4, 0.5) is 0 Å². The van der Waals surface area contributed by atoms with E-state index >= 15 is 0 Å². The lowest BCUT2D eigenvalue weighted by atomic mass is 10.0. The number of hydrogen-bond acceptors (Lipinski definition) is 4. The van der Waals surface area contributed by atoms with Gasteiger partial charge in [-0.1, -0.05) is 100 Å². The quantitative estimate of drug-likeness (QED) is 0.251. The number of benzene rings is 2.